The summed E-state index contributed by atoms with van der Waals surface area (Å²) in [6.45, 7) is 2.06. The first-order valence-corrected chi connectivity index (χ1v) is 8.34. The lowest BCUT2D eigenvalue weighted by Crippen LogP contribution is -2.28. The van der Waals surface area contributed by atoms with Crippen molar-refractivity contribution >= 4 is 33.7 Å². The zero-order chi connectivity index (χ0) is 14.1. The number of thiophene rings is 1. The summed E-state index contributed by atoms with van der Waals surface area (Å²) in [6.07, 6.45) is 1.89. The van der Waals surface area contributed by atoms with Crippen LogP contribution < -0.4 is 5.32 Å². The van der Waals surface area contributed by atoms with E-state index in [4.69, 9.17) is 0 Å². The van der Waals surface area contributed by atoms with E-state index in [1.54, 1.807) is 11.3 Å². The number of amides is 1. The van der Waals surface area contributed by atoms with E-state index in [2.05, 4.69) is 23.3 Å². The summed E-state index contributed by atoms with van der Waals surface area (Å²) in [5.74, 6) is -0.399. The summed E-state index contributed by atoms with van der Waals surface area (Å²) in [5.41, 5.74) is 0.898. The highest BCUT2D eigenvalue weighted by Crippen LogP contribution is 2.31. The van der Waals surface area contributed by atoms with Gasteiger partial charge in [-0.05, 0) is 38.3 Å². The fourth-order valence-electron chi connectivity index (χ4n) is 2.46. The molecule has 106 valence electrons. The number of aliphatic hydroxyl groups is 1. The lowest BCUT2D eigenvalue weighted by atomic mass is 10.1. The van der Waals surface area contributed by atoms with Crippen LogP contribution in [0.1, 0.15) is 24.1 Å². The Morgan fingerprint density at radius 3 is 2.95 bits per heavy atom. The van der Waals surface area contributed by atoms with Gasteiger partial charge in [-0.15, -0.1) is 22.7 Å². The highest BCUT2D eigenvalue weighted by atomic mass is 32.1. The van der Waals surface area contributed by atoms with Crippen molar-refractivity contribution in [2.75, 3.05) is 5.32 Å². The Morgan fingerprint density at radius 1 is 1.45 bits per heavy atom. The predicted molar refractivity (Wildman–Crippen MR) is 82.1 cm³/mol. The van der Waals surface area contributed by atoms with Gasteiger partial charge < -0.3 is 10.4 Å². The normalized spacial score (nSPS) is 22.1. The number of carbonyl (C=O) groups excluding carboxylic acids is 1. The molecule has 1 saturated carbocycles. The number of aryl methyl sites for hydroxylation is 1. The van der Waals surface area contributed by atoms with Crippen LogP contribution in [0.3, 0.4) is 0 Å². The van der Waals surface area contributed by atoms with Gasteiger partial charge in [0.15, 0.2) is 5.13 Å². The van der Waals surface area contributed by atoms with Gasteiger partial charge in [0.1, 0.15) is 0 Å². The van der Waals surface area contributed by atoms with E-state index in [1.807, 2.05) is 11.4 Å². The Morgan fingerprint density at radius 2 is 2.30 bits per heavy atom. The number of nitrogens with one attached hydrogen (secondary N) is 1. The molecule has 0 saturated heterocycles. The maximum atomic E-state index is 12.1. The molecule has 0 spiro atoms. The average molecular weight is 308 g/mol. The van der Waals surface area contributed by atoms with Crippen molar-refractivity contribution < 1.29 is 9.90 Å². The number of aliphatic hydroxyl groups excluding tert-OH is 1. The van der Waals surface area contributed by atoms with Crippen LogP contribution in [-0.4, -0.2) is 22.1 Å². The molecule has 2 aromatic rings. The minimum atomic E-state index is -0.505. The van der Waals surface area contributed by atoms with E-state index in [0.717, 1.165) is 29.8 Å². The third-order valence-corrected chi connectivity index (χ3v) is 5.32. The van der Waals surface area contributed by atoms with Gasteiger partial charge in [-0.25, -0.2) is 4.98 Å². The van der Waals surface area contributed by atoms with E-state index in [1.165, 1.54) is 16.2 Å². The maximum Gasteiger partial charge on any atom is 0.231 e. The largest absolute Gasteiger partial charge is 0.392 e. The standard InChI is InChI=1S/C14H16N2O2S2/c1-8-5-6-12(20-8)10-7-19-14(15-10)16-13(18)9-3-2-4-11(9)17/h5-7,9,11,17H,2-4H2,1H3,(H,15,16,18). The van der Waals surface area contributed by atoms with Gasteiger partial charge in [-0.1, -0.05) is 0 Å². The van der Waals surface area contributed by atoms with Crippen LogP contribution in [-0.2, 0) is 4.79 Å². The Bertz CT molecular complexity index is 620. The zero-order valence-electron chi connectivity index (χ0n) is 11.1. The quantitative estimate of drug-likeness (QED) is 0.914. The number of carbonyl (C=O) groups is 1. The molecule has 6 heteroatoms. The van der Waals surface area contributed by atoms with Crippen molar-refractivity contribution in [3.05, 3.63) is 22.4 Å². The minimum Gasteiger partial charge on any atom is -0.392 e. The number of hydrogen-bond acceptors (Lipinski definition) is 5. The summed E-state index contributed by atoms with van der Waals surface area (Å²) < 4.78 is 0. The molecule has 2 unspecified atom stereocenters. The fraction of sp³-hybridized carbons (Fsp3) is 0.429. The number of hydrogen-bond donors (Lipinski definition) is 2. The summed E-state index contributed by atoms with van der Waals surface area (Å²) in [7, 11) is 0. The van der Waals surface area contributed by atoms with Gasteiger partial charge >= 0.3 is 0 Å². The molecule has 0 aromatic carbocycles. The molecule has 2 N–H and O–H groups in total. The molecule has 2 atom stereocenters. The van der Waals surface area contributed by atoms with Crippen LogP contribution in [0.4, 0.5) is 5.13 Å². The molecule has 0 bridgehead atoms. The van der Waals surface area contributed by atoms with Crippen LogP contribution in [0.2, 0.25) is 0 Å². The minimum absolute atomic E-state index is 0.113. The van der Waals surface area contributed by atoms with Crippen LogP contribution in [0, 0.1) is 12.8 Å². The molecule has 1 fully saturated rings. The molecule has 20 heavy (non-hydrogen) atoms. The Labute approximate surface area is 125 Å². The van der Waals surface area contributed by atoms with E-state index in [-0.39, 0.29) is 11.8 Å². The first-order chi connectivity index (χ1) is 9.63. The van der Waals surface area contributed by atoms with Crippen LogP contribution >= 0.6 is 22.7 Å². The number of nitrogens with zero attached hydrogens (tertiary/aromatic N) is 1. The lowest BCUT2D eigenvalue weighted by Gasteiger charge is -2.12. The zero-order valence-corrected chi connectivity index (χ0v) is 12.8. The highest BCUT2D eigenvalue weighted by molar-refractivity contribution is 7.17. The van der Waals surface area contributed by atoms with Gasteiger partial charge in [-0.3, -0.25) is 4.79 Å². The molecule has 1 amide bonds. The van der Waals surface area contributed by atoms with Gasteiger partial charge in [0.05, 0.1) is 22.6 Å². The van der Waals surface area contributed by atoms with Crippen molar-refractivity contribution in [1.29, 1.82) is 0 Å². The molecular formula is C14H16N2O2S2. The smallest absolute Gasteiger partial charge is 0.231 e. The first-order valence-electron chi connectivity index (χ1n) is 6.65. The van der Waals surface area contributed by atoms with Crippen molar-refractivity contribution in [1.82, 2.24) is 4.98 Å². The molecule has 0 radical (unpaired) electrons. The van der Waals surface area contributed by atoms with Gasteiger partial charge in [0.25, 0.3) is 0 Å². The monoisotopic (exact) mass is 308 g/mol. The molecule has 1 aliphatic rings. The maximum absolute atomic E-state index is 12.1. The molecule has 2 heterocycles. The topological polar surface area (TPSA) is 62.2 Å². The third kappa shape index (κ3) is 2.77. The van der Waals surface area contributed by atoms with Crippen LogP contribution in [0.5, 0.6) is 0 Å². The van der Waals surface area contributed by atoms with E-state index >= 15 is 0 Å². The number of aromatic nitrogens is 1. The molecule has 4 nitrogen and oxygen atoms in total. The van der Waals surface area contributed by atoms with E-state index < -0.39 is 6.10 Å². The Kier molecular flexibility index (Phi) is 3.87. The second kappa shape index (κ2) is 5.63. The SMILES string of the molecule is Cc1ccc(-c2csc(NC(=O)C3CCCC3O)n2)s1. The van der Waals surface area contributed by atoms with Crippen molar-refractivity contribution in [3.8, 4) is 10.6 Å². The lowest BCUT2D eigenvalue weighted by molar-refractivity contribution is -0.122. The van der Waals surface area contributed by atoms with Gasteiger partial charge in [0.2, 0.25) is 5.91 Å². The Hall–Kier alpha value is -1.24. The van der Waals surface area contributed by atoms with E-state index in [0.29, 0.717) is 5.13 Å². The van der Waals surface area contributed by atoms with Crippen LogP contribution in [0.15, 0.2) is 17.5 Å². The summed E-state index contributed by atoms with van der Waals surface area (Å²) in [5, 5.41) is 15.1. The molecular weight excluding hydrogens is 292 g/mol. The number of anilines is 1. The fourth-order valence-corrected chi connectivity index (χ4v) is 4.08. The average Bonchev–Trinajstić information content (AvgIpc) is 3.10. The first kappa shape index (κ1) is 13.7. The second-order valence-electron chi connectivity index (χ2n) is 5.04. The van der Waals surface area contributed by atoms with Crippen molar-refractivity contribution in [2.24, 2.45) is 5.92 Å². The Balaban J connectivity index is 1.69. The summed E-state index contributed by atoms with van der Waals surface area (Å²) in [6, 6.07) is 4.11. The molecule has 0 aliphatic heterocycles. The molecule has 2 aromatic heterocycles. The summed E-state index contributed by atoms with van der Waals surface area (Å²) in [4.78, 5) is 18.9. The van der Waals surface area contributed by atoms with Crippen LogP contribution in [0.25, 0.3) is 10.6 Å². The summed E-state index contributed by atoms with van der Waals surface area (Å²) >= 11 is 3.11. The number of thiazole rings is 1. The van der Waals surface area contributed by atoms with Crippen molar-refractivity contribution in [3.63, 3.8) is 0 Å². The van der Waals surface area contributed by atoms with Crippen molar-refractivity contribution in [2.45, 2.75) is 32.3 Å². The third-order valence-electron chi connectivity index (χ3n) is 3.54. The highest BCUT2D eigenvalue weighted by Gasteiger charge is 2.31. The van der Waals surface area contributed by atoms with Gasteiger partial charge in [0, 0.05) is 10.3 Å². The van der Waals surface area contributed by atoms with Gasteiger partial charge in [-0.2, -0.15) is 0 Å². The molecule has 1 aliphatic carbocycles. The number of rotatable bonds is 3. The molecule has 3 rings (SSSR count). The second-order valence-corrected chi connectivity index (χ2v) is 7.19. The predicted octanol–water partition coefficient (Wildman–Crippen LogP) is 3.28. The van der Waals surface area contributed by atoms with E-state index in [9.17, 15) is 9.90 Å².